The summed E-state index contributed by atoms with van der Waals surface area (Å²) in [4.78, 5) is 16.6. The third kappa shape index (κ3) is 3.17. The van der Waals surface area contributed by atoms with E-state index in [4.69, 9.17) is 18.6 Å². The van der Waals surface area contributed by atoms with Crippen molar-refractivity contribution in [3.05, 3.63) is 78.0 Å². The maximum atomic E-state index is 13.3. The van der Waals surface area contributed by atoms with E-state index in [1.807, 2.05) is 48.5 Å². The summed E-state index contributed by atoms with van der Waals surface area (Å²) in [5.41, 5.74) is 3.63. The molecule has 6 nitrogen and oxygen atoms in total. The maximum absolute atomic E-state index is 13.3. The van der Waals surface area contributed by atoms with Crippen LogP contribution in [0.25, 0.3) is 33.2 Å². The molecule has 0 amide bonds. The molecule has 0 aliphatic rings. The zero-order valence-corrected chi connectivity index (χ0v) is 17.9. The van der Waals surface area contributed by atoms with Gasteiger partial charge in [-0.25, -0.2) is 0 Å². The van der Waals surface area contributed by atoms with Gasteiger partial charge in [-0.1, -0.05) is 30.3 Å². The lowest BCUT2D eigenvalue weighted by molar-refractivity contribution is 0.103. The smallest absolute Gasteiger partial charge is 0.203 e. The van der Waals surface area contributed by atoms with Gasteiger partial charge in [-0.05, 0) is 30.3 Å². The van der Waals surface area contributed by atoms with Crippen LogP contribution in [0.4, 0.5) is 0 Å². The summed E-state index contributed by atoms with van der Waals surface area (Å²) >= 11 is 0. The molecule has 2 heterocycles. The van der Waals surface area contributed by atoms with E-state index in [0.29, 0.717) is 28.4 Å². The molecule has 0 atom stereocenters. The first-order chi connectivity index (χ1) is 15.6. The highest BCUT2D eigenvalue weighted by Crippen LogP contribution is 2.39. The normalized spacial score (nSPS) is 11.1. The summed E-state index contributed by atoms with van der Waals surface area (Å²) < 4.78 is 22.1. The number of rotatable bonds is 6. The third-order valence-electron chi connectivity index (χ3n) is 5.56. The molecule has 5 aromatic rings. The van der Waals surface area contributed by atoms with Gasteiger partial charge in [0.05, 0.1) is 21.3 Å². The highest BCUT2D eigenvalue weighted by atomic mass is 16.5. The van der Waals surface area contributed by atoms with Gasteiger partial charge < -0.3 is 23.6 Å². The molecule has 0 radical (unpaired) electrons. The summed E-state index contributed by atoms with van der Waals surface area (Å²) in [5, 5.41) is 1.87. The molecule has 0 aliphatic carbocycles. The number of aromatic nitrogens is 1. The largest absolute Gasteiger partial charge is 0.493 e. The predicted molar refractivity (Wildman–Crippen MR) is 123 cm³/mol. The highest BCUT2D eigenvalue weighted by molar-refractivity contribution is 6.17. The Morgan fingerprint density at radius 3 is 2.31 bits per heavy atom. The number of benzene rings is 3. The van der Waals surface area contributed by atoms with E-state index in [0.717, 1.165) is 33.2 Å². The van der Waals surface area contributed by atoms with E-state index < -0.39 is 0 Å². The van der Waals surface area contributed by atoms with Crippen molar-refractivity contribution in [1.29, 1.82) is 0 Å². The second-order valence-electron chi connectivity index (χ2n) is 7.35. The zero-order valence-electron chi connectivity index (χ0n) is 17.9. The Kier molecular flexibility index (Phi) is 4.82. The number of methoxy groups -OCH3 is 3. The molecule has 0 saturated carbocycles. The number of hydrogen-bond acceptors (Lipinski definition) is 5. The van der Waals surface area contributed by atoms with Crippen molar-refractivity contribution >= 4 is 27.7 Å². The van der Waals surface area contributed by atoms with E-state index in [2.05, 4.69) is 4.98 Å². The number of carbonyl (C=O) groups excluding carboxylic acids is 1. The van der Waals surface area contributed by atoms with E-state index in [9.17, 15) is 4.79 Å². The van der Waals surface area contributed by atoms with Gasteiger partial charge in [-0.3, -0.25) is 4.79 Å². The van der Waals surface area contributed by atoms with E-state index >= 15 is 0 Å². The van der Waals surface area contributed by atoms with Crippen LogP contribution in [0.1, 0.15) is 15.9 Å². The van der Waals surface area contributed by atoms with Gasteiger partial charge in [0.15, 0.2) is 17.3 Å². The molecule has 0 unspecified atom stereocenters. The number of fused-ring (bicyclic) bond motifs is 2. The van der Waals surface area contributed by atoms with Crippen molar-refractivity contribution < 1.29 is 23.4 Å². The topological polar surface area (TPSA) is 73.7 Å². The number of aromatic amines is 1. The fourth-order valence-electron chi connectivity index (χ4n) is 3.96. The fraction of sp³-hybridized carbons (Fsp3) is 0.115. The minimum absolute atomic E-state index is 0.146. The molecule has 0 spiro atoms. The lowest BCUT2D eigenvalue weighted by Crippen LogP contribution is -2.03. The Morgan fingerprint density at radius 1 is 0.875 bits per heavy atom. The quantitative estimate of drug-likeness (QED) is 0.345. The molecule has 160 valence electrons. The molecular formula is C26H21NO5. The SMILES string of the molecule is COc1cc(C(=O)c2c[nH]c3cc(-c4cc5ccccc5o4)ccc23)cc(OC)c1OC. The fourth-order valence-corrected chi connectivity index (χ4v) is 3.96. The van der Waals surface area contributed by atoms with Crippen molar-refractivity contribution in [2.24, 2.45) is 0 Å². The number of H-pyrrole nitrogens is 1. The standard InChI is InChI=1S/C26H21NO5/c1-29-23-12-17(13-24(30-2)26(23)31-3)25(28)19-14-27-20-10-16(8-9-18(19)20)22-11-15-6-4-5-7-21(15)32-22/h4-14,27H,1-3H3. The van der Waals surface area contributed by atoms with Crippen LogP contribution >= 0.6 is 0 Å². The van der Waals surface area contributed by atoms with Crippen LogP contribution in [0, 0.1) is 0 Å². The maximum Gasteiger partial charge on any atom is 0.203 e. The van der Waals surface area contributed by atoms with Gasteiger partial charge in [0.1, 0.15) is 11.3 Å². The first-order valence-corrected chi connectivity index (χ1v) is 10.1. The minimum atomic E-state index is -0.146. The van der Waals surface area contributed by atoms with Crippen LogP contribution in [-0.4, -0.2) is 32.1 Å². The van der Waals surface area contributed by atoms with E-state index in [-0.39, 0.29) is 5.78 Å². The number of ketones is 1. The van der Waals surface area contributed by atoms with Gasteiger partial charge in [0, 0.05) is 39.2 Å². The first-order valence-electron chi connectivity index (χ1n) is 10.1. The molecule has 1 N–H and O–H groups in total. The Hall–Kier alpha value is -4.19. The number of nitrogens with one attached hydrogen (secondary N) is 1. The summed E-state index contributed by atoms with van der Waals surface area (Å²) in [6.45, 7) is 0. The van der Waals surface area contributed by atoms with Gasteiger partial charge in [0.25, 0.3) is 0 Å². The van der Waals surface area contributed by atoms with Crippen molar-refractivity contribution in [2.75, 3.05) is 21.3 Å². The second-order valence-corrected chi connectivity index (χ2v) is 7.35. The highest BCUT2D eigenvalue weighted by Gasteiger charge is 2.20. The van der Waals surface area contributed by atoms with E-state index in [1.165, 1.54) is 21.3 Å². The van der Waals surface area contributed by atoms with E-state index in [1.54, 1.807) is 18.3 Å². The molecule has 0 bridgehead atoms. The molecule has 0 fully saturated rings. The molecule has 3 aromatic carbocycles. The van der Waals surface area contributed by atoms with Gasteiger partial charge in [-0.15, -0.1) is 0 Å². The minimum Gasteiger partial charge on any atom is -0.493 e. The van der Waals surface area contributed by atoms with Crippen LogP contribution in [0.5, 0.6) is 17.2 Å². The molecular weight excluding hydrogens is 406 g/mol. The van der Waals surface area contributed by atoms with Gasteiger partial charge in [-0.2, -0.15) is 0 Å². The number of para-hydroxylation sites is 1. The molecule has 0 aliphatic heterocycles. The monoisotopic (exact) mass is 427 g/mol. The Labute approximate surface area is 184 Å². The van der Waals surface area contributed by atoms with Crippen molar-refractivity contribution in [3.63, 3.8) is 0 Å². The lowest BCUT2D eigenvalue weighted by atomic mass is 10.0. The number of furan rings is 1. The summed E-state index contributed by atoms with van der Waals surface area (Å²) in [6.07, 6.45) is 1.72. The van der Waals surface area contributed by atoms with Crippen molar-refractivity contribution in [3.8, 4) is 28.6 Å². The number of carbonyl (C=O) groups is 1. The zero-order chi connectivity index (χ0) is 22.2. The average Bonchev–Trinajstić information content (AvgIpc) is 3.46. The molecule has 2 aromatic heterocycles. The predicted octanol–water partition coefficient (Wildman–Crippen LogP) is 5.84. The summed E-state index contributed by atoms with van der Waals surface area (Å²) in [7, 11) is 4.58. The number of hydrogen-bond donors (Lipinski definition) is 1. The van der Waals surface area contributed by atoms with Gasteiger partial charge >= 0.3 is 0 Å². The van der Waals surface area contributed by atoms with Crippen LogP contribution in [0.2, 0.25) is 0 Å². The van der Waals surface area contributed by atoms with Crippen molar-refractivity contribution in [1.82, 2.24) is 4.98 Å². The second kappa shape index (κ2) is 7.81. The molecule has 6 heteroatoms. The van der Waals surface area contributed by atoms with Crippen LogP contribution in [-0.2, 0) is 0 Å². The third-order valence-corrected chi connectivity index (χ3v) is 5.56. The van der Waals surface area contributed by atoms with Crippen LogP contribution < -0.4 is 14.2 Å². The molecule has 32 heavy (non-hydrogen) atoms. The number of ether oxygens (including phenoxy) is 3. The lowest BCUT2D eigenvalue weighted by Gasteiger charge is -2.13. The van der Waals surface area contributed by atoms with Crippen molar-refractivity contribution in [2.45, 2.75) is 0 Å². The van der Waals surface area contributed by atoms with Crippen LogP contribution in [0.15, 0.2) is 71.3 Å². The first kappa shape index (κ1) is 19.8. The Balaban J connectivity index is 1.55. The van der Waals surface area contributed by atoms with Crippen LogP contribution in [0.3, 0.4) is 0 Å². The Morgan fingerprint density at radius 2 is 1.62 bits per heavy atom. The van der Waals surface area contributed by atoms with Gasteiger partial charge in [0.2, 0.25) is 5.75 Å². The summed E-state index contributed by atoms with van der Waals surface area (Å²) in [5.74, 6) is 1.94. The summed E-state index contributed by atoms with van der Waals surface area (Å²) in [6, 6.07) is 19.1. The molecule has 5 rings (SSSR count). The average molecular weight is 427 g/mol. The Bertz CT molecular complexity index is 1400. The molecule has 0 saturated heterocycles.